The molecule has 0 fully saturated rings. The molecule has 1 atom stereocenters. The fourth-order valence-corrected chi connectivity index (χ4v) is 7.26. The summed E-state index contributed by atoms with van der Waals surface area (Å²) >= 11 is 0. The molecule has 0 aliphatic carbocycles. The minimum Gasteiger partial charge on any atom is -0.496 e. The molecule has 64 heavy (non-hydrogen) atoms. The molecule has 0 spiro atoms. The Balaban J connectivity index is 0.000000211. The molecule has 9 radical (unpaired) electrons. The maximum atomic E-state index is 13.5. The molecule has 21 heteroatoms. The minimum absolute atomic E-state index is 0. The number of ether oxygens (including phenoxy) is 8. The summed E-state index contributed by atoms with van der Waals surface area (Å²) in [6.45, 7) is 3.67. The van der Waals surface area contributed by atoms with E-state index in [9.17, 15) is 18.4 Å². The first-order valence-corrected chi connectivity index (χ1v) is 19.9. The number of ketones is 2. The van der Waals surface area contributed by atoms with Crippen LogP contribution in [0.4, 0.5) is 8.78 Å². The van der Waals surface area contributed by atoms with Crippen LogP contribution in [0, 0.1) is 11.6 Å². The van der Waals surface area contributed by atoms with Crippen LogP contribution in [-0.4, -0.2) is 147 Å². The lowest BCUT2D eigenvalue weighted by Gasteiger charge is -2.35. The summed E-state index contributed by atoms with van der Waals surface area (Å²) in [5.74, 6) is 3.59. The SMILES string of the molecule is C.COc1c2c(cc3c1OCO3)CC[N+](C)=C2.COc1cc(F)ccc1C(=O)CC1c2c(cc3c(c2OC)OCO3)CCN1C.COc1cc(F)ccc1C(C)=O.[B][B]B([B])B([B])[B]. The monoisotopic (exact) mass is 868 g/mol. The number of rotatable bonds is 10. The Morgan fingerprint density at radius 3 is 1.88 bits per heavy atom. The van der Waals surface area contributed by atoms with E-state index < -0.39 is 18.0 Å². The van der Waals surface area contributed by atoms with Crippen molar-refractivity contribution in [2.24, 2.45) is 0 Å². The second kappa shape index (κ2) is 23.5. The van der Waals surface area contributed by atoms with Crippen LogP contribution in [0.15, 0.2) is 48.5 Å². The average Bonchev–Trinajstić information content (AvgIpc) is 3.95. The molecule has 0 saturated carbocycles. The molecule has 4 aliphatic rings. The molecule has 4 aromatic carbocycles. The maximum absolute atomic E-state index is 13.5. The highest BCUT2D eigenvalue weighted by Crippen LogP contribution is 2.50. The summed E-state index contributed by atoms with van der Waals surface area (Å²) in [6, 6.07) is 11.6. The third kappa shape index (κ3) is 12.0. The van der Waals surface area contributed by atoms with Crippen molar-refractivity contribution in [2.45, 2.75) is 39.7 Å². The molecule has 0 saturated heterocycles. The number of hydrogen-bond acceptors (Lipinski definition) is 11. The lowest BCUT2D eigenvalue weighted by Crippen LogP contribution is -2.43. The number of likely N-dealkylation sites (N-methyl/N-ethyl adjacent to an activating group) is 2. The van der Waals surface area contributed by atoms with Gasteiger partial charge in [-0.3, -0.25) is 14.5 Å². The molecule has 4 aromatic rings. The average molecular weight is 868 g/mol. The summed E-state index contributed by atoms with van der Waals surface area (Å²) in [5, 5.41) is 0. The molecule has 0 amide bonds. The molecule has 0 aromatic heterocycles. The molecule has 12 nitrogen and oxygen atoms in total. The van der Waals surface area contributed by atoms with Gasteiger partial charge in [0.15, 0.2) is 40.8 Å². The van der Waals surface area contributed by atoms with E-state index in [1.54, 1.807) is 14.2 Å². The van der Waals surface area contributed by atoms with Gasteiger partial charge in [-0.15, -0.1) is 0 Å². The van der Waals surface area contributed by atoms with Crippen molar-refractivity contribution in [3.63, 3.8) is 0 Å². The Kier molecular flexibility index (Phi) is 18.8. The van der Waals surface area contributed by atoms with E-state index >= 15 is 0 Å². The van der Waals surface area contributed by atoms with Crippen LogP contribution in [0.5, 0.6) is 46.0 Å². The zero-order valence-electron chi connectivity index (χ0n) is 36.5. The van der Waals surface area contributed by atoms with Gasteiger partial charge in [0.05, 0.1) is 45.1 Å². The number of carbonyl (C=O) groups excluding carboxylic acids is 2. The highest BCUT2D eigenvalue weighted by molar-refractivity contribution is 7.81. The van der Waals surface area contributed by atoms with Gasteiger partial charge in [-0.05, 0) is 67.9 Å². The number of benzene rings is 4. The van der Waals surface area contributed by atoms with Crippen LogP contribution >= 0.6 is 0 Å². The predicted octanol–water partition coefficient (Wildman–Crippen LogP) is 4.42. The quantitative estimate of drug-likeness (QED) is 0.128. The first-order chi connectivity index (χ1) is 30.1. The molecule has 0 N–H and O–H groups in total. The van der Waals surface area contributed by atoms with Crippen molar-refractivity contribution in [3.05, 3.63) is 93.5 Å². The molecular formula is C43H49B7F2N2O10+. The summed E-state index contributed by atoms with van der Waals surface area (Å²) in [6.07, 6.45) is 3.21. The molecule has 1 unspecified atom stereocenters. The van der Waals surface area contributed by atoms with Gasteiger partial charge in [0, 0.05) is 93.9 Å². The standard InChI is InChI=1S/C21H22FNO5.C12H14NO3.C9H9FO2.CH4.B7/c1-23-7-6-12-8-18-20(28-11-27-18)21(26-3)19(12)15(23)10-16(24)14-5-4-13(22)9-17(14)25-2;1-13-4-3-8-5-10-12(16-7-15-10)11(14-2)9(8)6-13;1-6(11)8-4-3-7(10)5-9(8)12-2;;1-5-7(4)6(2)3/h4-5,8-9,15H,6-7,10-11H2,1-3H3;5-6H,3-4,7H2,1-2H3;3-5H,1-2H3;1H4;/q;+1;;;. The topological polar surface area (TPSA) is 114 Å². The number of hydrogen-bond donors (Lipinski definition) is 0. The summed E-state index contributed by atoms with van der Waals surface area (Å²) < 4.78 is 71.4. The minimum atomic E-state index is -0.537. The van der Waals surface area contributed by atoms with Crippen molar-refractivity contribution < 1.29 is 60.8 Å². The maximum Gasteiger partial charge on any atom is 0.231 e. The van der Waals surface area contributed by atoms with Crippen molar-refractivity contribution in [1.29, 1.82) is 0 Å². The predicted molar refractivity (Wildman–Crippen MR) is 249 cm³/mol. The zero-order chi connectivity index (χ0) is 46.0. The fraction of sp³-hybridized carbons (Fsp3) is 0.372. The fourth-order valence-electron chi connectivity index (χ4n) is 7.26. The Bertz CT molecular complexity index is 2320. The molecule has 0 bridgehead atoms. The number of Topliss-reactive ketones (excluding diaryl/α,β-unsaturated/α-hetero) is 2. The number of fused-ring (bicyclic) bond motifs is 4. The Labute approximate surface area is 381 Å². The van der Waals surface area contributed by atoms with Crippen LogP contribution < -0.4 is 37.9 Å². The van der Waals surface area contributed by atoms with E-state index in [-0.39, 0.29) is 62.9 Å². The Morgan fingerprint density at radius 1 is 0.812 bits per heavy atom. The van der Waals surface area contributed by atoms with Gasteiger partial charge in [-0.25, -0.2) is 13.4 Å². The van der Waals surface area contributed by atoms with Crippen LogP contribution in [0.1, 0.15) is 69.8 Å². The third-order valence-corrected chi connectivity index (χ3v) is 10.6. The first-order valence-electron chi connectivity index (χ1n) is 19.9. The smallest absolute Gasteiger partial charge is 0.231 e. The van der Waals surface area contributed by atoms with Crippen LogP contribution in [-0.2, 0) is 12.8 Å². The summed E-state index contributed by atoms with van der Waals surface area (Å²) in [4.78, 5) is 26.1. The van der Waals surface area contributed by atoms with Gasteiger partial charge < -0.3 is 37.9 Å². The van der Waals surface area contributed by atoms with E-state index in [1.165, 1.54) is 70.2 Å². The normalized spacial score (nSPS) is 14.6. The highest BCUT2D eigenvalue weighted by atomic mass is 19.1. The van der Waals surface area contributed by atoms with Gasteiger partial charge in [0.25, 0.3) is 0 Å². The Morgan fingerprint density at radius 2 is 1.36 bits per heavy atom. The lowest BCUT2D eigenvalue weighted by molar-refractivity contribution is -0.493. The van der Waals surface area contributed by atoms with E-state index in [0.29, 0.717) is 28.4 Å². The van der Waals surface area contributed by atoms with E-state index in [2.05, 4.69) is 28.8 Å². The number of methoxy groups -OCH3 is 4. The van der Waals surface area contributed by atoms with Crippen molar-refractivity contribution >= 4 is 68.6 Å². The third-order valence-electron chi connectivity index (χ3n) is 10.6. The number of carbonyl (C=O) groups is 2. The second-order valence-electron chi connectivity index (χ2n) is 14.8. The van der Waals surface area contributed by atoms with Gasteiger partial charge in [0.2, 0.25) is 25.1 Å². The second-order valence-corrected chi connectivity index (χ2v) is 14.8. The molecule has 325 valence electrons. The zero-order valence-corrected chi connectivity index (χ0v) is 36.5. The number of nitrogens with zero attached hydrogens (tertiary/aromatic N) is 2. The van der Waals surface area contributed by atoms with Crippen LogP contribution in [0.25, 0.3) is 0 Å². The van der Waals surface area contributed by atoms with E-state index in [1.807, 2.05) is 13.1 Å². The number of halogens is 2. The van der Waals surface area contributed by atoms with Gasteiger partial charge >= 0.3 is 0 Å². The molecule has 4 aliphatic heterocycles. The molecular weight excluding hydrogens is 818 g/mol. The highest BCUT2D eigenvalue weighted by Gasteiger charge is 2.35. The van der Waals surface area contributed by atoms with Crippen molar-refractivity contribution in [3.8, 4) is 46.0 Å². The van der Waals surface area contributed by atoms with Crippen LogP contribution in [0.2, 0.25) is 0 Å². The first kappa shape index (κ1) is 51.2. The largest absolute Gasteiger partial charge is 0.496 e. The summed E-state index contributed by atoms with van der Waals surface area (Å²) in [7, 11) is 31.7. The molecule has 8 rings (SSSR count). The van der Waals surface area contributed by atoms with Gasteiger partial charge in [0.1, 0.15) is 36.7 Å². The van der Waals surface area contributed by atoms with Crippen molar-refractivity contribution in [1.82, 2.24) is 4.90 Å². The van der Waals surface area contributed by atoms with Gasteiger partial charge in [-0.2, -0.15) is 0 Å². The van der Waals surface area contributed by atoms with E-state index in [4.69, 9.17) is 68.8 Å². The van der Waals surface area contributed by atoms with Crippen LogP contribution in [0.3, 0.4) is 0 Å². The van der Waals surface area contributed by atoms with E-state index in [0.717, 1.165) is 59.9 Å². The van der Waals surface area contributed by atoms with Crippen molar-refractivity contribution in [2.75, 3.05) is 69.2 Å². The van der Waals surface area contributed by atoms with Gasteiger partial charge in [-0.1, -0.05) is 7.43 Å². The lowest BCUT2D eigenvalue weighted by atomic mass is 8.76. The Hall–Kier alpha value is -5.44. The summed E-state index contributed by atoms with van der Waals surface area (Å²) in [5.41, 5.74) is 5.17. The molecule has 4 heterocycles.